The third-order valence-electron chi connectivity index (χ3n) is 3.70. The molecule has 0 radical (unpaired) electrons. The first kappa shape index (κ1) is 14.4. The van der Waals surface area contributed by atoms with Crippen LogP contribution in [-0.2, 0) is 0 Å². The predicted molar refractivity (Wildman–Crippen MR) is 73.2 cm³/mol. The number of halogens is 1. The van der Waals surface area contributed by atoms with E-state index in [9.17, 15) is 9.50 Å². The van der Waals surface area contributed by atoms with Crippen molar-refractivity contribution in [3.05, 3.63) is 29.8 Å². The maximum absolute atomic E-state index is 12.8. The van der Waals surface area contributed by atoms with E-state index >= 15 is 0 Å². The molecule has 1 aromatic heterocycles. The molecular weight excluding hydrogens is 243 g/mol. The lowest BCUT2D eigenvalue weighted by Gasteiger charge is -2.27. The van der Waals surface area contributed by atoms with Gasteiger partial charge in [-0.25, -0.2) is 4.39 Å². The monoisotopic (exact) mass is 266 g/mol. The standard InChI is InChI=1S/C15H23FN2O/c1-11(2)18(10-12-3-4-12)8-7-15(19)14-6-5-13(16)9-17-14/h5-6,9,11-12,15,19H,3-4,7-8,10H2,1-2H3. The molecule has 0 aliphatic heterocycles. The molecule has 106 valence electrons. The molecule has 1 fully saturated rings. The highest BCUT2D eigenvalue weighted by molar-refractivity contribution is 5.08. The Bertz CT molecular complexity index is 390. The van der Waals surface area contributed by atoms with Crippen LogP contribution in [0.15, 0.2) is 18.3 Å². The summed E-state index contributed by atoms with van der Waals surface area (Å²) in [6.45, 7) is 6.35. The number of nitrogens with zero attached hydrogens (tertiary/aromatic N) is 2. The van der Waals surface area contributed by atoms with Gasteiger partial charge in [0.05, 0.1) is 18.0 Å². The van der Waals surface area contributed by atoms with Gasteiger partial charge in [0.1, 0.15) is 5.82 Å². The van der Waals surface area contributed by atoms with Gasteiger partial charge in [0.2, 0.25) is 0 Å². The fraction of sp³-hybridized carbons (Fsp3) is 0.667. The Morgan fingerprint density at radius 2 is 2.16 bits per heavy atom. The Kier molecular flexibility index (Phi) is 4.88. The second-order valence-electron chi connectivity index (χ2n) is 5.74. The first-order chi connectivity index (χ1) is 9.06. The average Bonchev–Trinajstić information content (AvgIpc) is 3.18. The van der Waals surface area contributed by atoms with Crippen LogP contribution in [0.25, 0.3) is 0 Å². The maximum Gasteiger partial charge on any atom is 0.141 e. The lowest BCUT2D eigenvalue weighted by atomic mass is 10.1. The molecule has 0 bridgehead atoms. The lowest BCUT2D eigenvalue weighted by molar-refractivity contribution is 0.124. The molecule has 1 saturated carbocycles. The number of aliphatic hydroxyl groups is 1. The van der Waals surface area contributed by atoms with Crippen LogP contribution in [0.2, 0.25) is 0 Å². The van der Waals surface area contributed by atoms with Gasteiger partial charge in [-0.15, -0.1) is 0 Å². The van der Waals surface area contributed by atoms with Gasteiger partial charge in [-0.1, -0.05) is 0 Å². The molecule has 1 aromatic rings. The molecule has 0 saturated heterocycles. The minimum Gasteiger partial charge on any atom is -0.387 e. The molecule has 19 heavy (non-hydrogen) atoms. The molecule has 1 atom stereocenters. The van der Waals surface area contributed by atoms with Crippen LogP contribution in [0.4, 0.5) is 4.39 Å². The van der Waals surface area contributed by atoms with Gasteiger partial charge in [-0.3, -0.25) is 4.98 Å². The van der Waals surface area contributed by atoms with Crippen LogP contribution >= 0.6 is 0 Å². The Morgan fingerprint density at radius 3 is 2.68 bits per heavy atom. The van der Waals surface area contributed by atoms with Crippen molar-refractivity contribution in [2.24, 2.45) is 5.92 Å². The Morgan fingerprint density at radius 1 is 1.42 bits per heavy atom. The van der Waals surface area contributed by atoms with Gasteiger partial charge in [-0.05, 0) is 51.2 Å². The molecular formula is C15H23FN2O. The highest BCUT2D eigenvalue weighted by atomic mass is 19.1. The maximum atomic E-state index is 12.8. The molecule has 1 N–H and O–H groups in total. The first-order valence-corrected chi connectivity index (χ1v) is 7.10. The van der Waals surface area contributed by atoms with E-state index in [1.165, 1.54) is 18.9 Å². The normalized spacial score (nSPS) is 17.2. The zero-order valence-corrected chi connectivity index (χ0v) is 11.7. The number of hydrogen-bond acceptors (Lipinski definition) is 3. The Labute approximate surface area is 114 Å². The highest BCUT2D eigenvalue weighted by Gasteiger charge is 2.25. The molecule has 1 heterocycles. The molecule has 0 aromatic carbocycles. The van der Waals surface area contributed by atoms with E-state index in [2.05, 4.69) is 23.7 Å². The minimum absolute atomic E-state index is 0.367. The Hall–Kier alpha value is -1.00. The van der Waals surface area contributed by atoms with Gasteiger partial charge in [0.25, 0.3) is 0 Å². The van der Waals surface area contributed by atoms with Crippen molar-refractivity contribution in [1.82, 2.24) is 9.88 Å². The van der Waals surface area contributed by atoms with Crippen molar-refractivity contribution in [2.75, 3.05) is 13.1 Å². The summed E-state index contributed by atoms with van der Waals surface area (Å²) in [4.78, 5) is 6.34. The summed E-state index contributed by atoms with van der Waals surface area (Å²) in [6.07, 6.45) is 3.87. The number of aliphatic hydroxyl groups excluding tert-OH is 1. The van der Waals surface area contributed by atoms with Gasteiger partial charge in [0, 0.05) is 19.1 Å². The van der Waals surface area contributed by atoms with Crippen LogP contribution in [0, 0.1) is 11.7 Å². The topological polar surface area (TPSA) is 36.4 Å². The quantitative estimate of drug-likeness (QED) is 0.824. The summed E-state index contributed by atoms with van der Waals surface area (Å²) in [6, 6.07) is 3.39. The van der Waals surface area contributed by atoms with Crippen molar-refractivity contribution in [3.63, 3.8) is 0 Å². The third kappa shape index (κ3) is 4.55. The summed E-state index contributed by atoms with van der Waals surface area (Å²) in [5, 5.41) is 10.1. The average molecular weight is 266 g/mol. The lowest BCUT2D eigenvalue weighted by Crippen LogP contribution is -2.34. The van der Waals surface area contributed by atoms with Crippen molar-refractivity contribution in [3.8, 4) is 0 Å². The Balaban J connectivity index is 1.83. The van der Waals surface area contributed by atoms with Gasteiger partial charge in [0.15, 0.2) is 0 Å². The number of hydrogen-bond donors (Lipinski definition) is 1. The summed E-state index contributed by atoms with van der Waals surface area (Å²) < 4.78 is 12.8. The molecule has 0 spiro atoms. The predicted octanol–water partition coefficient (Wildman–Crippen LogP) is 2.76. The van der Waals surface area contributed by atoms with Crippen molar-refractivity contribution in [1.29, 1.82) is 0 Å². The number of rotatable bonds is 7. The van der Waals surface area contributed by atoms with Crippen molar-refractivity contribution < 1.29 is 9.50 Å². The van der Waals surface area contributed by atoms with Crippen LogP contribution in [0.1, 0.15) is 44.9 Å². The second-order valence-corrected chi connectivity index (χ2v) is 5.74. The van der Waals surface area contributed by atoms with E-state index in [-0.39, 0.29) is 5.82 Å². The zero-order valence-electron chi connectivity index (χ0n) is 11.7. The van der Waals surface area contributed by atoms with Crippen molar-refractivity contribution >= 4 is 0 Å². The van der Waals surface area contributed by atoms with Crippen LogP contribution < -0.4 is 0 Å². The van der Waals surface area contributed by atoms with Crippen LogP contribution in [0.5, 0.6) is 0 Å². The van der Waals surface area contributed by atoms with Gasteiger partial charge < -0.3 is 10.0 Å². The third-order valence-corrected chi connectivity index (χ3v) is 3.70. The van der Waals surface area contributed by atoms with E-state index in [1.807, 2.05) is 0 Å². The minimum atomic E-state index is -0.610. The summed E-state index contributed by atoms with van der Waals surface area (Å²) >= 11 is 0. The molecule has 1 aliphatic rings. The van der Waals surface area contributed by atoms with Gasteiger partial charge >= 0.3 is 0 Å². The molecule has 0 amide bonds. The molecule has 2 rings (SSSR count). The summed E-state index contributed by atoms with van der Waals surface area (Å²) in [7, 11) is 0. The fourth-order valence-electron chi connectivity index (χ4n) is 2.21. The van der Waals surface area contributed by atoms with E-state index in [4.69, 9.17) is 0 Å². The van der Waals surface area contributed by atoms with E-state index in [0.29, 0.717) is 18.2 Å². The van der Waals surface area contributed by atoms with E-state index in [1.54, 1.807) is 6.07 Å². The highest BCUT2D eigenvalue weighted by Crippen LogP contribution is 2.30. The van der Waals surface area contributed by atoms with E-state index < -0.39 is 6.10 Å². The smallest absolute Gasteiger partial charge is 0.141 e. The zero-order chi connectivity index (χ0) is 13.8. The molecule has 1 unspecified atom stereocenters. The first-order valence-electron chi connectivity index (χ1n) is 7.10. The summed E-state index contributed by atoms with van der Waals surface area (Å²) in [5.74, 6) is 0.483. The SMILES string of the molecule is CC(C)N(CCC(O)c1ccc(F)cn1)CC1CC1. The molecule has 4 heteroatoms. The number of aromatic nitrogens is 1. The van der Waals surface area contributed by atoms with E-state index in [0.717, 1.165) is 25.2 Å². The molecule has 1 aliphatic carbocycles. The van der Waals surface area contributed by atoms with Crippen LogP contribution in [0.3, 0.4) is 0 Å². The number of pyridine rings is 1. The molecule has 3 nitrogen and oxygen atoms in total. The van der Waals surface area contributed by atoms with Gasteiger partial charge in [-0.2, -0.15) is 0 Å². The largest absolute Gasteiger partial charge is 0.387 e. The van der Waals surface area contributed by atoms with Crippen LogP contribution in [-0.4, -0.2) is 34.1 Å². The van der Waals surface area contributed by atoms with Crippen molar-refractivity contribution in [2.45, 2.75) is 45.3 Å². The fourth-order valence-corrected chi connectivity index (χ4v) is 2.21. The summed E-state index contributed by atoms with van der Waals surface area (Å²) in [5.41, 5.74) is 0.552. The second kappa shape index (κ2) is 6.44.